The summed E-state index contributed by atoms with van der Waals surface area (Å²) in [6.07, 6.45) is 17.6. The molecule has 114 valence electrons. The molecule has 20 heavy (non-hydrogen) atoms. The molecule has 1 heterocycles. The molecular weight excluding hydrogens is 244 g/mol. The largest absolute Gasteiger partial charge is 0.313 e. The Bertz CT molecular complexity index is 310. The highest BCUT2D eigenvalue weighted by atomic mass is 14.9. The van der Waals surface area contributed by atoms with Crippen molar-refractivity contribution in [2.75, 3.05) is 7.05 Å². The molecule has 0 aliphatic heterocycles. The maximum Gasteiger partial charge on any atom is 0.0332 e. The van der Waals surface area contributed by atoms with Crippen LogP contribution in [0.1, 0.15) is 82.7 Å². The fourth-order valence-corrected chi connectivity index (χ4v) is 2.72. The van der Waals surface area contributed by atoms with Gasteiger partial charge in [0.2, 0.25) is 0 Å². The van der Waals surface area contributed by atoms with E-state index in [1.54, 1.807) is 0 Å². The van der Waals surface area contributed by atoms with Gasteiger partial charge in [0.15, 0.2) is 0 Å². The van der Waals surface area contributed by atoms with Gasteiger partial charge in [0, 0.05) is 18.4 Å². The van der Waals surface area contributed by atoms with Gasteiger partial charge in [-0.05, 0) is 25.1 Å². The Labute approximate surface area is 125 Å². The number of nitrogens with zero attached hydrogens (tertiary/aromatic N) is 1. The van der Waals surface area contributed by atoms with Crippen molar-refractivity contribution >= 4 is 0 Å². The molecule has 1 atom stereocenters. The van der Waals surface area contributed by atoms with Crippen LogP contribution in [0.5, 0.6) is 0 Å². The van der Waals surface area contributed by atoms with Gasteiger partial charge in [-0.25, -0.2) is 0 Å². The predicted molar refractivity (Wildman–Crippen MR) is 87.9 cm³/mol. The molecule has 1 unspecified atom stereocenters. The minimum Gasteiger partial charge on any atom is -0.313 e. The summed E-state index contributed by atoms with van der Waals surface area (Å²) in [4.78, 5) is 4.21. The van der Waals surface area contributed by atoms with E-state index in [2.05, 4.69) is 23.3 Å². The third-order valence-electron chi connectivity index (χ3n) is 4.03. The van der Waals surface area contributed by atoms with Gasteiger partial charge in [0.05, 0.1) is 0 Å². The van der Waals surface area contributed by atoms with E-state index in [4.69, 9.17) is 0 Å². The smallest absolute Gasteiger partial charge is 0.0332 e. The lowest BCUT2D eigenvalue weighted by molar-refractivity contribution is 0.492. The van der Waals surface area contributed by atoms with Crippen molar-refractivity contribution in [2.24, 2.45) is 0 Å². The molecule has 1 rings (SSSR count). The topological polar surface area (TPSA) is 24.9 Å². The summed E-state index contributed by atoms with van der Waals surface area (Å²) in [6.45, 7) is 2.28. The quantitative estimate of drug-likeness (QED) is 0.526. The van der Waals surface area contributed by atoms with Crippen molar-refractivity contribution in [3.63, 3.8) is 0 Å². The first-order valence-corrected chi connectivity index (χ1v) is 8.45. The standard InChI is InChI=1S/C18H32N2/c1-3-4-5-6-7-8-9-10-11-14-18(19-2)17-13-12-15-20-16-17/h12-13,15-16,18-19H,3-11,14H2,1-2H3. The van der Waals surface area contributed by atoms with Crippen LogP contribution in [-0.2, 0) is 0 Å². The fraction of sp³-hybridized carbons (Fsp3) is 0.722. The van der Waals surface area contributed by atoms with Gasteiger partial charge in [0.1, 0.15) is 0 Å². The van der Waals surface area contributed by atoms with Gasteiger partial charge in [0.25, 0.3) is 0 Å². The number of hydrogen-bond donors (Lipinski definition) is 1. The summed E-state index contributed by atoms with van der Waals surface area (Å²) < 4.78 is 0. The summed E-state index contributed by atoms with van der Waals surface area (Å²) >= 11 is 0. The van der Waals surface area contributed by atoms with Gasteiger partial charge < -0.3 is 5.32 Å². The molecular formula is C18H32N2. The van der Waals surface area contributed by atoms with Gasteiger partial charge in [-0.15, -0.1) is 0 Å². The summed E-state index contributed by atoms with van der Waals surface area (Å²) in [5, 5.41) is 3.40. The lowest BCUT2D eigenvalue weighted by Gasteiger charge is -2.15. The first-order chi connectivity index (χ1) is 9.88. The Morgan fingerprint density at radius 1 is 1.00 bits per heavy atom. The van der Waals surface area contributed by atoms with Crippen LogP contribution < -0.4 is 5.32 Å². The molecule has 0 amide bonds. The number of pyridine rings is 1. The maximum absolute atomic E-state index is 4.21. The molecule has 0 fully saturated rings. The zero-order chi connectivity index (χ0) is 14.5. The van der Waals surface area contributed by atoms with E-state index in [-0.39, 0.29) is 0 Å². The van der Waals surface area contributed by atoms with Crippen LogP contribution in [0.25, 0.3) is 0 Å². The molecule has 0 aliphatic rings. The number of hydrogen-bond acceptors (Lipinski definition) is 2. The molecule has 0 radical (unpaired) electrons. The Balaban J connectivity index is 2.02. The van der Waals surface area contributed by atoms with E-state index in [0.29, 0.717) is 6.04 Å². The van der Waals surface area contributed by atoms with E-state index in [1.807, 2.05) is 25.5 Å². The molecule has 1 N–H and O–H groups in total. The summed E-state index contributed by atoms with van der Waals surface area (Å²) in [5.41, 5.74) is 1.31. The van der Waals surface area contributed by atoms with Crippen LogP contribution in [0.15, 0.2) is 24.5 Å². The number of nitrogens with one attached hydrogen (secondary N) is 1. The van der Waals surface area contributed by atoms with Crippen LogP contribution in [0.3, 0.4) is 0 Å². The predicted octanol–water partition coefficient (Wildman–Crippen LogP) is 5.26. The van der Waals surface area contributed by atoms with Crippen LogP contribution in [0.2, 0.25) is 0 Å². The number of aromatic nitrogens is 1. The number of unbranched alkanes of at least 4 members (excludes halogenated alkanes) is 8. The normalized spacial score (nSPS) is 12.5. The SMILES string of the molecule is CCCCCCCCCCCC(NC)c1cccnc1. The molecule has 2 nitrogen and oxygen atoms in total. The molecule has 0 bridgehead atoms. The van der Waals surface area contributed by atoms with E-state index in [0.717, 1.165) is 0 Å². The van der Waals surface area contributed by atoms with Crippen molar-refractivity contribution < 1.29 is 0 Å². The molecule has 2 heteroatoms. The Morgan fingerprint density at radius 2 is 1.65 bits per heavy atom. The van der Waals surface area contributed by atoms with Crippen LogP contribution in [0, 0.1) is 0 Å². The molecule has 1 aromatic rings. The minimum atomic E-state index is 0.466. The van der Waals surface area contributed by atoms with Gasteiger partial charge in [-0.2, -0.15) is 0 Å². The molecule has 0 spiro atoms. The van der Waals surface area contributed by atoms with Crippen molar-refractivity contribution in [3.05, 3.63) is 30.1 Å². The molecule has 0 aliphatic carbocycles. The van der Waals surface area contributed by atoms with E-state index >= 15 is 0 Å². The molecule has 0 aromatic carbocycles. The lowest BCUT2D eigenvalue weighted by atomic mass is 10.0. The second-order valence-electron chi connectivity index (χ2n) is 5.74. The molecule has 1 aromatic heterocycles. The summed E-state index contributed by atoms with van der Waals surface area (Å²) in [5.74, 6) is 0. The summed E-state index contributed by atoms with van der Waals surface area (Å²) in [6, 6.07) is 4.66. The van der Waals surface area contributed by atoms with Gasteiger partial charge in [-0.1, -0.05) is 70.8 Å². The third kappa shape index (κ3) is 7.64. The molecule has 0 saturated heterocycles. The van der Waals surface area contributed by atoms with Crippen molar-refractivity contribution in [2.45, 2.75) is 77.2 Å². The second kappa shape index (κ2) is 11.9. The average Bonchev–Trinajstić information content (AvgIpc) is 2.50. The van der Waals surface area contributed by atoms with E-state index in [1.165, 1.54) is 69.8 Å². The van der Waals surface area contributed by atoms with Crippen molar-refractivity contribution in [3.8, 4) is 0 Å². The monoisotopic (exact) mass is 276 g/mol. The Kier molecular flexibility index (Phi) is 10.2. The third-order valence-corrected chi connectivity index (χ3v) is 4.03. The fourth-order valence-electron chi connectivity index (χ4n) is 2.72. The van der Waals surface area contributed by atoms with Crippen LogP contribution >= 0.6 is 0 Å². The first kappa shape index (κ1) is 17.2. The number of rotatable bonds is 12. The second-order valence-corrected chi connectivity index (χ2v) is 5.74. The zero-order valence-electron chi connectivity index (χ0n) is 13.4. The van der Waals surface area contributed by atoms with Crippen molar-refractivity contribution in [1.29, 1.82) is 0 Å². The lowest BCUT2D eigenvalue weighted by Crippen LogP contribution is -2.16. The first-order valence-electron chi connectivity index (χ1n) is 8.45. The van der Waals surface area contributed by atoms with E-state index < -0.39 is 0 Å². The van der Waals surface area contributed by atoms with Crippen LogP contribution in [-0.4, -0.2) is 12.0 Å². The maximum atomic E-state index is 4.21. The highest BCUT2D eigenvalue weighted by molar-refractivity contribution is 5.13. The average molecular weight is 276 g/mol. The zero-order valence-corrected chi connectivity index (χ0v) is 13.4. The molecule has 0 saturated carbocycles. The van der Waals surface area contributed by atoms with E-state index in [9.17, 15) is 0 Å². The van der Waals surface area contributed by atoms with Crippen LogP contribution in [0.4, 0.5) is 0 Å². The Hall–Kier alpha value is -0.890. The van der Waals surface area contributed by atoms with Crippen molar-refractivity contribution in [1.82, 2.24) is 10.3 Å². The minimum absolute atomic E-state index is 0.466. The Morgan fingerprint density at radius 3 is 2.20 bits per heavy atom. The van der Waals surface area contributed by atoms with Gasteiger partial charge in [-0.3, -0.25) is 4.98 Å². The van der Waals surface area contributed by atoms with Gasteiger partial charge >= 0.3 is 0 Å². The summed E-state index contributed by atoms with van der Waals surface area (Å²) in [7, 11) is 2.05. The highest BCUT2D eigenvalue weighted by Gasteiger charge is 2.07. The highest BCUT2D eigenvalue weighted by Crippen LogP contribution is 2.19.